The second-order valence-corrected chi connectivity index (χ2v) is 8.36. The average molecular weight is 365 g/mol. The molecule has 1 aromatic rings. The number of aliphatic hydroxyl groups is 2. The number of carbonyl (C=O) groups excluding carboxylic acids is 1. The van der Waals surface area contributed by atoms with Gasteiger partial charge in [-0.1, -0.05) is 24.5 Å². The van der Waals surface area contributed by atoms with E-state index in [-0.39, 0.29) is 18.0 Å². The number of nitrogens with zero attached hydrogens (tertiary/aromatic N) is 3. The minimum Gasteiger partial charge on any atom is -0.391 e. The molecule has 0 bridgehead atoms. The number of hydrogen-bond donors (Lipinski definition) is 4. The van der Waals surface area contributed by atoms with Gasteiger partial charge in [-0.2, -0.15) is 0 Å². The first-order valence-corrected chi connectivity index (χ1v) is 9.59. The van der Waals surface area contributed by atoms with E-state index in [4.69, 9.17) is 0 Å². The SMILES string of the molecule is CC(O)C1(NC(=O)C2CC(n3nncc3C(C)(C)O)CN2)CCCCC1. The molecule has 4 N–H and O–H groups in total. The van der Waals surface area contributed by atoms with Crippen LogP contribution in [-0.2, 0) is 10.4 Å². The summed E-state index contributed by atoms with van der Waals surface area (Å²) in [6.07, 6.45) is 6.42. The largest absolute Gasteiger partial charge is 0.391 e. The zero-order chi connectivity index (χ0) is 18.9. The zero-order valence-corrected chi connectivity index (χ0v) is 15.9. The van der Waals surface area contributed by atoms with Crippen molar-refractivity contribution in [3.05, 3.63) is 11.9 Å². The molecule has 3 rings (SSSR count). The lowest BCUT2D eigenvalue weighted by molar-refractivity contribution is -0.127. The lowest BCUT2D eigenvalue weighted by Gasteiger charge is -2.41. The smallest absolute Gasteiger partial charge is 0.237 e. The van der Waals surface area contributed by atoms with E-state index in [9.17, 15) is 15.0 Å². The first-order chi connectivity index (χ1) is 12.2. The van der Waals surface area contributed by atoms with Gasteiger partial charge in [0.25, 0.3) is 0 Å². The molecule has 3 atom stereocenters. The Hall–Kier alpha value is -1.51. The number of nitrogens with one attached hydrogen (secondary N) is 2. The number of amides is 1. The Bertz CT molecular complexity index is 631. The fourth-order valence-electron chi connectivity index (χ4n) is 4.22. The zero-order valence-electron chi connectivity index (χ0n) is 15.9. The van der Waals surface area contributed by atoms with E-state index >= 15 is 0 Å². The molecule has 0 radical (unpaired) electrons. The predicted octanol–water partition coefficient (Wildman–Crippen LogP) is 0.608. The molecule has 1 aliphatic heterocycles. The van der Waals surface area contributed by atoms with Gasteiger partial charge in [0, 0.05) is 6.54 Å². The van der Waals surface area contributed by atoms with Crippen LogP contribution in [0.5, 0.6) is 0 Å². The highest BCUT2D eigenvalue weighted by Crippen LogP contribution is 2.32. The Morgan fingerprint density at radius 2 is 2.12 bits per heavy atom. The summed E-state index contributed by atoms with van der Waals surface area (Å²) in [7, 11) is 0. The summed E-state index contributed by atoms with van der Waals surface area (Å²) in [6, 6.07) is -0.375. The Kier molecular flexibility index (Phi) is 5.37. The Morgan fingerprint density at radius 3 is 2.73 bits per heavy atom. The van der Waals surface area contributed by atoms with Crippen molar-refractivity contribution in [1.29, 1.82) is 0 Å². The van der Waals surface area contributed by atoms with E-state index in [0.717, 1.165) is 32.1 Å². The molecule has 3 unspecified atom stereocenters. The molecule has 2 heterocycles. The fourth-order valence-corrected chi connectivity index (χ4v) is 4.22. The molecule has 8 nitrogen and oxygen atoms in total. The van der Waals surface area contributed by atoms with Crippen molar-refractivity contribution < 1.29 is 15.0 Å². The van der Waals surface area contributed by atoms with Gasteiger partial charge >= 0.3 is 0 Å². The van der Waals surface area contributed by atoms with Gasteiger partial charge in [0.05, 0.1) is 35.6 Å². The summed E-state index contributed by atoms with van der Waals surface area (Å²) in [5.74, 6) is -0.0692. The standard InChI is InChI=1S/C18H31N5O3/c1-12(24)18(7-5-4-6-8-18)21-16(25)14-9-13(10-19-14)23-15(11-20-22-23)17(2,3)26/h11-14,19,24,26H,4-10H2,1-3H3,(H,21,25). The fraction of sp³-hybridized carbons (Fsp3) is 0.833. The molecule has 1 saturated heterocycles. The van der Waals surface area contributed by atoms with Crippen LogP contribution in [0, 0.1) is 0 Å². The third-order valence-electron chi connectivity index (χ3n) is 5.89. The summed E-state index contributed by atoms with van der Waals surface area (Å²) in [4.78, 5) is 12.8. The topological polar surface area (TPSA) is 112 Å². The van der Waals surface area contributed by atoms with Crippen LogP contribution in [0.3, 0.4) is 0 Å². The van der Waals surface area contributed by atoms with Gasteiger partial charge in [-0.3, -0.25) is 4.79 Å². The molecule has 1 saturated carbocycles. The predicted molar refractivity (Wildman–Crippen MR) is 96.4 cm³/mol. The molecule has 2 aliphatic rings. The minimum absolute atomic E-state index is 0.0384. The minimum atomic E-state index is -1.04. The van der Waals surface area contributed by atoms with Gasteiger partial charge in [0.2, 0.25) is 5.91 Å². The van der Waals surface area contributed by atoms with Crippen molar-refractivity contribution >= 4 is 5.91 Å². The highest BCUT2D eigenvalue weighted by Gasteiger charge is 2.41. The lowest BCUT2D eigenvalue weighted by atomic mass is 9.78. The van der Waals surface area contributed by atoms with Gasteiger partial charge in [-0.15, -0.1) is 5.10 Å². The highest BCUT2D eigenvalue weighted by molar-refractivity contribution is 5.83. The van der Waals surface area contributed by atoms with Gasteiger partial charge in [-0.05, 0) is 40.0 Å². The van der Waals surface area contributed by atoms with Crippen LogP contribution < -0.4 is 10.6 Å². The van der Waals surface area contributed by atoms with Crippen molar-refractivity contribution in [3.63, 3.8) is 0 Å². The van der Waals surface area contributed by atoms with Gasteiger partial charge in [0.1, 0.15) is 5.60 Å². The van der Waals surface area contributed by atoms with E-state index in [2.05, 4.69) is 20.9 Å². The summed E-state index contributed by atoms with van der Waals surface area (Å²) in [5, 5.41) is 35.0. The van der Waals surface area contributed by atoms with Crippen LogP contribution in [0.25, 0.3) is 0 Å². The normalized spacial score (nSPS) is 27.3. The first kappa shape index (κ1) is 19.3. The maximum atomic E-state index is 12.8. The quantitative estimate of drug-likeness (QED) is 0.608. The van der Waals surface area contributed by atoms with Gasteiger partial charge < -0.3 is 20.8 Å². The number of carbonyl (C=O) groups is 1. The molecular weight excluding hydrogens is 334 g/mol. The van der Waals surface area contributed by atoms with Crippen LogP contribution in [0.4, 0.5) is 0 Å². The number of rotatable bonds is 5. The van der Waals surface area contributed by atoms with Crippen molar-refractivity contribution in [1.82, 2.24) is 25.6 Å². The van der Waals surface area contributed by atoms with E-state index < -0.39 is 17.2 Å². The van der Waals surface area contributed by atoms with Crippen LogP contribution >= 0.6 is 0 Å². The van der Waals surface area contributed by atoms with Crippen molar-refractivity contribution in [2.75, 3.05) is 6.54 Å². The van der Waals surface area contributed by atoms with E-state index in [1.165, 1.54) is 0 Å². The molecule has 0 aromatic carbocycles. The van der Waals surface area contributed by atoms with E-state index in [1.54, 1.807) is 31.6 Å². The van der Waals surface area contributed by atoms with Crippen LogP contribution in [0.15, 0.2) is 6.20 Å². The molecule has 1 aliphatic carbocycles. The second kappa shape index (κ2) is 7.25. The maximum absolute atomic E-state index is 12.8. The molecule has 1 amide bonds. The molecule has 0 spiro atoms. The van der Waals surface area contributed by atoms with Crippen LogP contribution in [0.2, 0.25) is 0 Å². The molecule has 2 fully saturated rings. The molecule has 8 heteroatoms. The summed E-state index contributed by atoms with van der Waals surface area (Å²) >= 11 is 0. The summed E-state index contributed by atoms with van der Waals surface area (Å²) in [6.45, 7) is 5.75. The first-order valence-electron chi connectivity index (χ1n) is 9.59. The number of aliphatic hydroxyl groups excluding tert-OH is 1. The van der Waals surface area contributed by atoms with Gasteiger partial charge in [0.15, 0.2) is 0 Å². The third-order valence-corrected chi connectivity index (χ3v) is 5.89. The van der Waals surface area contributed by atoms with Crippen molar-refractivity contribution in [2.24, 2.45) is 0 Å². The Balaban J connectivity index is 1.67. The molecule has 1 aromatic heterocycles. The average Bonchev–Trinajstić information content (AvgIpc) is 3.24. The summed E-state index contributed by atoms with van der Waals surface area (Å²) in [5.41, 5.74) is -0.916. The lowest BCUT2D eigenvalue weighted by Crippen LogP contribution is -2.59. The number of aromatic nitrogens is 3. The number of hydrogen-bond acceptors (Lipinski definition) is 6. The summed E-state index contributed by atoms with van der Waals surface area (Å²) < 4.78 is 1.71. The van der Waals surface area contributed by atoms with Gasteiger partial charge in [-0.25, -0.2) is 4.68 Å². The van der Waals surface area contributed by atoms with E-state index in [1.807, 2.05) is 0 Å². The Labute approximate surface area is 154 Å². The van der Waals surface area contributed by atoms with E-state index in [0.29, 0.717) is 18.7 Å². The monoisotopic (exact) mass is 365 g/mol. The van der Waals surface area contributed by atoms with Crippen LogP contribution in [-0.4, -0.2) is 55.3 Å². The van der Waals surface area contributed by atoms with Crippen molar-refractivity contribution in [2.45, 2.75) is 88.6 Å². The van der Waals surface area contributed by atoms with Crippen LogP contribution in [0.1, 0.15) is 71.0 Å². The highest BCUT2D eigenvalue weighted by atomic mass is 16.3. The van der Waals surface area contributed by atoms with Crippen molar-refractivity contribution in [3.8, 4) is 0 Å². The second-order valence-electron chi connectivity index (χ2n) is 8.36. The Morgan fingerprint density at radius 1 is 1.42 bits per heavy atom. The third kappa shape index (κ3) is 3.77. The molecular formula is C18H31N5O3. The molecule has 26 heavy (non-hydrogen) atoms. The molecule has 146 valence electrons. The maximum Gasteiger partial charge on any atom is 0.237 e.